The number of nitrogens with two attached hydrogens (primary N) is 1. The van der Waals surface area contributed by atoms with E-state index in [2.05, 4.69) is 15.0 Å². The lowest BCUT2D eigenvalue weighted by molar-refractivity contribution is -0.109. The zero-order chi connectivity index (χ0) is 25.3. The first-order valence-corrected chi connectivity index (χ1v) is 14.8. The van der Waals surface area contributed by atoms with E-state index < -0.39 is 31.0 Å². The second-order valence-corrected chi connectivity index (χ2v) is 12.7. The Morgan fingerprint density at radius 3 is 2.77 bits per heavy atom. The highest BCUT2D eigenvalue weighted by Crippen LogP contribution is 2.71. The van der Waals surface area contributed by atoms with E-state index in [4.69, 9.17) is 26.6 Å². The molecule has 192 valence electrons. The number of aliphatic hydroxyl groups excluding tert-OH is 2. The van der Waals surface area contributed by atoms with Gasteiger partial charge in [-0.05, 0) is 35.7 Å². The number of nitrogen functional groups attached to an aromatic ring is 1. The first-order chi connectivity index (χ1) is 16.6. The van der Waals surface area contributed by atoms with Crippen LogP contribution in [0.1, 0.15) is 25.0 Å². The molecule has 2 fully saturated rings. The summed E-state index contributed by atoms with van der Waals surface area (Å²) in [7, 11) is -2.52. The summed E-state index contributed by atoms with van der Waals surface area (Å²) in [5, 5.41) is 21.1. The molecule has 3 aliphatic rings. The number of rotatable bonds is 10. The van der Waals surface area contributed by atoms with Crippen molar-refractivity contribution in [3.63, 3.8) is 0 Å². The number of ether oxygens (including phenoxy) is 1. The van der Waals surface area contributed by atoms with Gasteiger partial charge in [-0.1, -0.05) is 11.8 Å². The van der Waals surface area contributed by atoms with E-state index in [1.54, 1.807) is 6.21 Å². The summed E-state index contributed by atoms with van der Waals surface area (Å²) < 4.78 is 23.1. The summed E-state index contributed by atoms with van der Waals surface area (Å²) in [5.74, 6) is -0.0245. The van der Waals surface area contributed by atoms with Gasteiger partial charge in [-0.25, -0.2) is 9.78 Å². The topological polar surface area (TPSA) is 174 Å². The number of hydrogen-bond acceptors (Lipinski definition) is 13. The molecule has 11 nitrogen and oxygen atoms in total. The maximum atomic E-state index is 12.6. The van der Waals surface area contributed by atoms with E-state index in [9.17, 15) is 24.4 Å². The number of hydrogen-bond donors (Lipinski definition) is 3. The Hall–Kier alpha value is -1.21. The smallest absolute Gasteiger partial charge is 0.367 e. The second-order valence-electron chi connectivity index (χ2n) is 8.66. The Labute approximate surface area is 215 Å². The molecular weight excluding hydrogens is 539 g/mol. The van der Waals surface area contributed by atoms with Gasteiger partial charge in [0.2, 0.25) is 5.28 Å². The molecule has 7 atom stereocenters. The molecule has 15 heteroatoms. The van der Waals surface area contributed by atoms with Gasteiger partial charge in [0.1, 0.15) is 12.3 Å². The quantitative estimate of drug-likeness (QED) is 0.164. The Morgan fingerprint density at radius 2 is 2.03 bits per heavy atom. The predicted octanol–water partition coefficient (Wildman–Crippen LogP) is 2.51. The van der Waals surface area contributed by atoms with E-state index in [0.29, 0.717) is 23.6 Å². The molecule has 2 unspecified atom stereocenters. The lowest BCUT2D eigenvalue weighted by Gasteiger charge is -2.26. The molecule has 2 saturated carbocycles. The highest BCUT2D eigenvalue weighted by molar-refractivity contribution is 8.13. The van der Waals surface area contributed by atoms with Gasteiger partial charge < -0.3 is 25.2 Å². The third kappa shape index (κ3) is 5.71. The average molecular weight is 565 g/mol. The van der Waals surface area contributed by atoms with Crippen LogP contribution in [0.25, 0.3) is 0 Å². The van der Waals surface area contributed by atoms with Crippen LogP contribution in [0, 0.1) is 17.3 Å². The van der Waals surface area contributed by atoms with Crippen LogP contribution in [0.3, 0.4) is 0 Å². The van der Waals surface area contributed by atoms with Crippen molar-refractivity contribution in [1.29, 1.82) is 0 Å². The summed E-state index contributed by atoms with van der Waals surface area (Å²) in [6.07, 6.45) is 0.281. The molecular formula is C20H26ClN4O7PS2. The largest absolute Gasteiger partial charge is 0.457 e. The normalized spacial score (nSPS) is 31.1. The monoisotopic (exact) mass is 564 g/mol. The van der Waals surface area contributed by atoms with Crippen molar-refractivity contribution in [2.75, 3.05) is 36.6 Å². The van der Waals surface area contributed by atoms with E-state index in [-0.39, 0.29) is 59.1 Å². The fourth-order valence-corrected chi connectivity index (χ4v) is 7.92. The number of anilines is 1. The number of aromatic nitrogens is 2. The van der Waals surface area contributed by atoms with Crippen molar-refractivity contribution in [2.45, 2.75) is 31.5 Å². The Morgan fingerprint density at radius 1 is 1.29 bits per heavy atom. The summed E-state index contributed by atoms with van der Waals surface area (Å²) in [6, 6.07) is 0. The number of aliphatic hydroxyl groups is 2. The van der Waals surface area contributed by atoms with Crippen LogP contribution in [0.5, 0.6) is 0 Å². The van der Waals surface area contributed by atoms with Crippen LogP contribution in [0.15, 0.2) is 4.99 Å². The van der Waals surface area contributed by atoms with Crippen LogP contribution >= 0.6 is 43.2 Å². The minimum absolute atomic E-state index is 0.0120. The van der Waals surface area contributed by atoms with Gasteiger partial charge in [0.05, 0.1) is 24.5 Å². The molecule has 35 heavy (non-hydrogen) atoms. The van der Waals surface area contributed by atoms with Crippen molar-refractivity contribution in [1.82, 2.24) is 9.97 Å². The number of halogens is 1. The van der Waals surface area contributed by atoms with Gasteiger partial charge in [0.25, 0.3) is 0 Å². The number of thioether (sulfide) groups is 2. The molecule has 0 saturated heterocycles. The lowest BCUT2D eigenvalue weighted by atomic mass is 9.84. The summed E-state index contributed by atoms with van der Waals surface area (Å²) in [5.41, 5.74) is 6.14. The number of aliphatic imine (C=N–C) groups is 1. The summed E-state index contributed by atoms with van der Waals surface area (Å²) >= 11 is 7.95. The third-order valence-corrected chi connectivity index (χ3v) is 9.75. The van der Waals surface area contributed by atoms with Gasteiger partial charge in [-0.3, -0.25) is 14.4 Å². The zero-order valence-electron chi connectivity index (χ0n) is 18.8. The van der Waals surface area contributed by atoms with E-state index >= 15 is 0 Å². The molecule has 2 aliphatic carbocycles. The Bertz CT molecular complexity index is 1070. The zero-order valence-corrected chi connectivity index (χ0v) is 22.1. The molecule has 4 N–H and O–H groups in total. The van der Waals surface area contributed by atoms with Crippen molar-refractivity contribution >= 4 is 71.3 Å². The first-order valence-electron chi connectivity index (χ1n) is 11.0. The molecule has 1 aliphatic heterocycles. The van der Waals surface area contributed by atoms with Crippen molar-refractivity contribution < 1.29 is 33.6 Å². The molecule has 0 bridgehead atoms. The van der Waals surface area contributed by atoms with Crippen LogP contribution in [0.2, 0.25) is 5.28 Å². The lowest BCUT2D eigenvalue weighted by Crippen LogP contribution is -2.36. The molecule has 0 amide bonds. The van der Waals surface area contributed by atoms with E-state index in [1.165, 1.54) is 6.92 Å². The predicted molar refractivity (Wildman–Crippen MR) is 135 cm³/mol. The van der Waals surface area contributed by atoms with Gasteiger partial charge in [-0.2, -0.15) is 4.98 Å². The number of nitrogens with zero attached hydrogens (tertiary/aromatic N) is 3. The van der Waals surface area contributed by atoms with Gasteiger partial charge in [-0.15, -0.1) is 0 Å². The molecule has 0 radical (unpaired) electrons. The minimum Gasteiger partial charge on any atom is -0.457 e. The Balaban J connectivity index is 1.26. The van der Waals surface area contributed by atoms with Gasteiger partial charge in [0.15, 0.2) is 19.0 Å². The van der Waals surface area contributed by atoms with Crippen molar-refractivity contribution in [2.24, 2.45) is 22.2 Å². The van der Waals surface area contributed by atoms with E-state index in [0.717, 1.165) is 23.5 Å². The van der Waals surface area contributed by atoms with E-state index in [1.807, 2.05) is 0 Å². The Kier molecular flexibility index (Phi) is 8.47. The third-order valence-electron chi connectivity index (χ3n) is 6.60. The SMILES string of the molecule is CC(=O)SCCOC(=O)SCCO[PH](=O)C[C@]12C[C@@H]1[C@@H](C1C=Nc3c(N)nc(Cl)nc31)[C@H](O)[C@@H]2O. The van der Waals surface area contributed by atoms with Gasteiger partial charge >= 0.3 is 5.30 Å². The molecule has 1 aromatic rings. The highest BCUT2D eigenvalue weighted by Gasteiger charge is 2.72. The maximum absolute atomic E-state index is 12.6. The molecule has 0 spiro atoms. The number of carbonyl (C=O) groups excluding carboxylic acids is 2. The van der Waals surface area contributed by atoms with Crippen LogP contribution in [0.4, 0.5) is 16.3 Å². The van der Waals surface area contributed by atoms with Crippen molar-refractivity contribution in [3.05, 3.63) is 11.0 Å². The summed E-state index contributed by atoms with van der Waals surface area (Å²) in [4.78, 5) is 34.9. The first kappa shape index (κ1) is 26.8. The average Bonchev–Trinajstić information content (AvgIpc) is 3.26. The standard InChI is InChI=1S/C20H26ClN4O7PS2/c1-9(26)34-4-2-31-19(29)35-5-3-32-33(30)8-20-6-11(20)12(15(27)16(20)28)10-7-23-14-13(10)24-18(21)25-17(14)22/h7,10-12,15-16,27-28,33H,2-6,8H2,1H3,(H2,22,24,25)/t10?,11-,12-,15+,16+,20-/m1/s1. The van der Waals surface area contributed by atoms with Crippen LogP contribution in [-0.2, 0) is 18.6 Å². The highest BCUT2D eigenvalue weighted by atomic mass is 35.5. The number of carbonyl (C=O) groups is 2. The number of fused-ring (bicyclic) bond motifs is 2. The van der Waals surface area contributed by atoms with Crippen LogP contribution in [-0.4, -0.2) is 79.9 Å². The fraction of sp³-hybridized carbons (Fsp3) is 0.650. The molecule has 1 aromatic heterocycles. The molecule has 2 heterocycles. The van der Waals surface area contributed by atoms with Crippen LogP contribution < -0.4 is 5.73 Å². The molecule has 0 aromatic carbocycles. The minimum atomic E-state index is -2.52. The molecule has 4 rings (SSSR count). The maximum Gasteiger partial charge on any atom is 0.367 e. The van der Waals surface area contributed by atoms with Crippen molar-refractivity contribution in [3.8, 4) is 0 Å². The summed E-state index contributed by atoms with van der Waals surface area (Å²) in [6.45, 7) is 1.67. The fourth-order valence-electron chi connectivity index (χ4n) is 5.05. The second kappa shape index (κ2) is 11.0. The van der Waals surface area contributed by atoms with Gasteiger partial charge in [0, 0.05) is 48.1 Å².